The predicted octanol–water partition coefficient (Wildman–Crippen LogP) is 3.89. The minimum Gasteiger partial charge on any atom is -0.490 e. The lowest BCUT2D eigenvalue weighted by Gasteiger charge is -2.10. The summed E-state index contributed by atoms with van der Waals surface area (Å²) in [6.07, 6.45) is -0.634. The van der Waals surface area contributed by atoms with E-state index in [1.54, 1.807) is 17.9 Å². The molecule has 8 nitrogen and oxygen atoms in total. The van der Waals surface area contributed by atoms with Gasteiger partial charge in [0.25, 0.3) is 5.91 Å². The molecule has 0 unspecified atom stereocenters. The van der Waals surface area contributed by atoms with E-state index in [2.05, 4.69) is 20.7 Å². The lowest BCUT2D eigenvalue weighted by molar-refractivity contribution is -0.137. The molecule has 0 atom stereocenters. The largest absolute Gasteiger partial charge is 0.490 e. The van der Waals surface area contributed by atoms with E-state index >= 15 is 0 Å². The molecule has 0 saturated heterocycles. The van der Waals surface area contributed by atoms with Gasteiger partial charge in [-0.05, 0) is 36.8 Å². The van der Waals surface area contributed by atoms with Crippen molar-refractivity contribution >= 4 is 11.7 Å². The van der Waals surface area contributed by atoms with E-state index in [-0.39, 0.29) is 5.91 Å². The number of benzene rings is 1. The minimum absolute atomic E-state index is 0.275. The molecule has 1 aromatic carbocycles. The number of anilines is 1. The summed E-state index contributed by atoms with van der Waals surface area (Å²) in [5.74, 6) is 1.35. The lowest BCUT2D eigenvalue weighted by Crippen LogP contribution is -2.26. The first-order chi connectivity index (χ1) is 16.3. The molecule has 34 heavy (non-hydrogen) atoms. The van der Waals surface area contributed by atoms with Gasteiger partial charge in [-0.25, -0.2) is 4.98 Å². The molecule has 1 aliphatic heterocycles. The zero-order valence-corrected chi connectivity index (χ0v) is 18.5. The van der Waals surface area contributed by atoms with Gasteiger partial charge >= 0.3 is 6.18 Å². The summed E-state index contributed by atoms with van der Waals surface area (Å²) >= 11 is 0. The van der Waals surface area contributed by atoms with Crippen molar-refractivity contribution in [1.29, 1.82) is 0 Å². The number of carbonyl (C=O) groups is 1. The van der Waals surface area contributed by atoms with Crippen molar-refractivity contribution in [2.75, 3.05) is 31.6 Å². The Bertz CT molecular complexity index is 1150. The predicted molar refractivity (Wildman–Crippen MR) is 119 cm³/mol. The molecule has 0 fully saturated rings. The normalized spacial score (nSPS) is 13.3. The van der Waals surface area contributed by atoms with E-state index in [0.717, 1.165) is 24.2 Å². The fourth-order valence-electron chi connectivity index (χ4n) is 3.45. The number of ether oxygens (including phenoxy) is 2. The number of carbonyl (C=O) groups excluding carboxylic acids is 1. The maximum Gasteiger partial charge on any atom is 0.417 e. The molecule has 0 radical (unpaired) electrons. The van der Waals surface area contributed by atoms with Crippen LogP contribution in [0.3, 0.4) is 0 Å². The third kappa shape index (κ3) is 5.59. The number of aromatic nitrogens is 3. The van der Waals surface area contributed by atoms with Crippen molar-refractivity contribution in [2.24, 2.45) is 7.05 Å². The third-order valence-electron chi connectivity index (χ3n) is 5.13. The van der Waals surface area contributed by atoms with Crippen molar-refractivity contribution in [2.45, 2.75) is 19.0 Å². The maximum absolute atomic E-state index is 12.8. The second-order valence-electron chi connectivity index (χ2n) is 7.74. The highest BCUT2D eigenvalue weighted by molar-refractivity contribution is 5.99. The van der Waals surface area contributed by atoms with Crippen LogP contribution in [0.2, 0.25) is 0 Å². The molecule has 0 aliphatic carbocycles. The SMILES string of the molecule is Cn1cc(C(=O)NCCCNc2ccc(C(F)(F)F)cn2)c(-c2ccc3c(c2)OCCCO3)n1. The van der Waals surface area contributed by atoms with Gasteiger partial charge in [-0.15, -0.1) is 0 Å². The fourth-order valence-corrected chi connectivity index (χ4v) is 3.45. The Labute approximate surface area is 194 Å². The van der Waals surface area contributed by atoms with E-state index in [1.165, 1.54) is 6.07 Å². The Balaban J connectivity index is 1.32. The summed E-state index contributed by atoms with van der Waals surface area (Å²) in [5, 5.41) is 10.2. The first-order valence-electron chi connectivity index (χ1n) is 10.8. The van der Waals surface area contributed by atoms with Gasteiger partial charge in [-0.2, -0.15) is 18.3 Å². The van der Waals surface area contributed by atoms with E-state index < -0.39 is 11.7 Å². The van der Waals surface area contributed by atoms with Gasteiger partial charge in [0.05, 0.1) is 24.3 Å². The average Bonchev–Trinajstić information content (AvgIpc) is 3.05. The molecule has 1 aliphatic rings. The number of hydrogen-bond acceptors (Lipinski definition) is 6. The molecule has 3 aromatic rings. The van der Waals surface area contributed by atoms with Crippen LogP contribution in [0, 0.1) is 0 Å². The topological polar surface area (TPSA) is 90.3 Å². The fraction of sp³-hybridized carbons (Fsp3) is 0.348. The second kappa shape index (κ2) is 10.0. The molecule has 2 aromatic heterocycles. The summed E-state index contributed by atoms with van der Waals surface area (Å²) in [6, 6.07) is 7.72. The average molecular weight is 475 g/mol. The molecular formula is C23H24F3N5O3. The summed E-state index contributed by atoms with van der Waals surface area (Å²) in [4.78, 5) is 16.6. The van der Waals surface area contributed by atoms with E-state index in [0.29, 0.717) is 61.3 Å². The Morgan fingerprint density at radius 3 is 2.65 bits per heavy atom. The highest BCUT2D eigenvalue weighted by Crippen LogP contribution is 2.34. The van der Waals surface area contributed by atoms with Crippen LogP contribution in [0.25, 0.3) is 11.3 Å². The summed E-state index contributed by atoms with van der Waals surface area (Å²) in [6.45, 7) is 1.94. The van der Waals surface area contributed by atoms with E-state index in [9.17, 15) is 18.0 Å². The van der Waals surface area contributed by atoms with Crippen LogP contribution < -0.4 is 20.1 Å². The zero-order valence-electron chi connectivity index (χ0n) is 18.5. The van der Waals surface area contributed by atoms with Gasteiger partial charge in [0.1, 0.15) is 11.5 Å². The van der Waals surface area contributed by atoms with Crippen LogP contribution in [0.4, 0.5) is 19.0 Å². The highest BCUT2D eigenvalue weighted by Gasteiger charge is 2.30. The number of amides is 1. The molecular weight excluding hydrogens is 451 g/mol. The number of pyridine rings is 1. The van der Waals surface area contributed by atoms with Gasteiger partial charge in [-0.1, -0.05) is 0 Å². The Kier molecular flexibility index (Phi) is 6.90. The van der Waals surface area contributed by atoms with Crippen molar-refractivity contribution in [3.05, 3.63) is 53.9 Å². The smallest absolute Gasteiger partial charge is 0.417 e. The zero-order chi connectivity index (χ0) is 24.1. The van der Waals surface area contributed by atoms with Gasteiger partial charge in [-0.3, -0.25) is 9.48 Å². The number of hydrogen-bond donors (Lipinski definition) is 2. The maximum atomic E-state index is 12.8. The summed E-state index contributed by atoms with van der Waals surface area (Å²) < 4.78 is 50.8. The molecule has 0 saturated carbocycles. The van der Waals surface area contributed by atoms with Crippen molar-refractivity contribution in [3.63, 3.8) is 0 Å². The number of rotatable bonds is 7. The van der Waals surface area contributed by atoms with Gasteiger partial charge < -0.3 is 20.1 Å². The molecule has 0 spiro atoms. The highest BCUT2D eigenvalue weighted by atomic mass is 19.4. The quantitative estimate of drug-likeness (QED) is 0.504. The molecule has 11 heteroatoms. The third-order valence-corrected chi connectivity index (χ3v) is 5.13. The minimum atomic E-state index is -4.42. The first-order valence-corrected chi connectivity index (χ1v) is 10.8. The molecule has 180 valence electrons. The Morgan fingerprint density at radius 1 is 1.12 bits per heavy atom. The van der Waals surface area contributed by atoms with Crippen LogP contribution in [0.5, 0.6) is 11.5 Å². The van der Waals surface area contributed by atoms with Gasteiger partial charge in [0.2, 0.25) is 0 Å². The number of aryl methyl sites for hydroxylation is 1. The number of fused-ring (bicyclic) bond motifs is 1. The van der Waals surface area contributed by atoms with Crippen LogP contribution in [0.15, 0.2) is 42.7 Å². The monoisotopic (exact) mass is 475 g/mol. The molecule has 3 heterocycles. The number of halogens is 3. The molecule has 0 bridgehead atoms. The Hall–Kier alpha value is -3.76. The van der Waals surface area contributed by atoms with Crippen LogP contribution in [-0.4, -0.2) is 47.0 Å². The van der Waals surface area contributed by atoms with Crippen molar-refractivity contribution in [3.8, 4) is 22.8 Å². The summed E-state index contributed by atoms with van der Waals surface area (Å²) in [7, 11) is 1.74. The number of nitrogens with one attached hydrogen (secondary N) is 2. The van der Waals surface area contributed by atoms with Crippen LogP contribution in [-0.2, 0) is 13.2 Å². The van der Waals surface area contributed by atoms with Gasteiger partial charge in [0.15, 0.2) is 11.5 Å². The molecule has 1 amide bonds. The van der Waals surface area contributed by atoms with E-state index in [4.69, 9.17) is 9.47 Å². The van der Waals surface area contributed by atoms with Crippen molar-refractivity contribution < 1.29 is 27.4 Å². The first kappa shape index (κ1) is 23.4. The lowest BCUT2D eigenvalue weighted by atomic mass is 10.1. The number of alkyl halides is 3. The standard InChI is InChI=1S/C23H24F3N5O3/c1-31-14-17(21(30-31)15-4-6-18-19(12-15)34-11-3-10-33-18)22(32)28-9-2-8-27-20-7-5-16(13-29-20)23(24,25)26/h4-7,12-14H,2-3,8-11H2,1H3,(H,27,29)(H,28,32). The van der Waals surface area contributed by atoms with Crippen molar-refractivity contribution in [1.82, 2.24) is 20.1 Å². The Morgan fingerprint density at radius 2 is 1.91 bits per heavy atom. The summed E-state index contributed by atoms with van der Waals surface area (Å²) in [5.41, 5.74) is 0.897. The van der Waals surface area contributed by atoms with E-state index in [1.807, 2.05) is 18.2 Å². The van der Waals surface area contributed by atoms with Crippen LogP contribution >= 0.6 is 0 Å². The van der Waals surface area contributed by atoms with Crippen LogP contribution in [0.1, 0.15) is 28.8 Å². The molecule has 4 rings (SSSR count). The second-order valence-corrected chi connectivity index (χ2v) is 7.74. The van der Waals surface area contributed by atoms with Gasteiger partial charge in [0, 0.05) is 44.5 Å². The molecule has 2 N–H and O–H groups in total. The number of nitrogens with zero attached hydrogens (tertiary/aromatic N) is 3.